The van der Waals surface area contributed by atoms with E-state index in [0.717, 1.165) is 17.1 Å². The molecule has 1 aromatic rings. The van der Waals surface area contributed by atoms with E-state index in [1.165, 1.54) is 0 Å². The Kier molecular flexibility index (Phi) is 3.07. The molecule has 1 heterocycles. The molecule has 0 fully saturated rings. The second kappa shape index (κ2) is 4.08. The average Bonchev–Trinajstić information content (AvgIpc) is 2.47. The maximum atomic E-state index is 5.37. The topological polar surface area (TPSA) is 12.9 Å². The zero-order chi connectivity index (χ0) is 8.97. The van der Waals surface area contributed by atoms with Crippen molar-refractivity contribution in [3.63, 3.8) is 0 Å². The molecule has 0 aliphatic heterocycles. The minimum Gasteiger partial charge on any atom is -0.245 e. The molecule has 62 valence electrons. The van der Waals surface area contributed by atoms with E-state index < -0.39 is 0 Å². The Labute approximate surface area is 77.2 Å². The maximum Gasteiger partial charge on any atom is 0.0897 e. The fraction of sp³-hybridized carbons (Fsp3) is 0.300. The summed E-state index contributed by atoms with van der Waals surface area (Å²) in [4.78, 5) is 4.33. The van der Waals surface area contributed by atoms with Crippen molar-refractivity contribution >= 4 is 11.3 Å². The van der Waals surface area contributed by atoms with Crippen LogP contribution in [0.2, 0.25) is 0 Å². The van der Waals surface area contributed by atoms with Crippen LogP contribution in [0.1, 0.15) is 23.0 Å². The first-order valence-electron chi connectivity index (χ1n) is 3.77. The van der Waals surface area contributed by atoms with Crippen LogP contribution in [-0.2, 0) is 0 Å². The Bertz CT molecular complexity index is 306. The fourth-order valence-electron chi connectivity index (χ4n) is 0.981. The average molecular weight is 177 g/mol. The van der Waals surface area contributed by atoms with Crippen molar-refractivity contribution in [2.75, 3.05) is 0 Å². The van der Waals surface area contributed by atoms with E-state index in [1.54, 1.807) is 11.3 Å². The van der Waals surface area contributed by atoms with Gasteiger partial charge in [-0.05, 0) is 13.3 Å². The Morgan fingerprint density at radius 1 is 1.92 bits per heavy atom. The quantitative estimate of drug-likeness (QED) is 0.511. The van der Waals surface area contributed by atoms with Crippen LogP contribution in [0.15, 0.2) is 18.0 Å². The molecule has 1 aromatic heterocycles. The van der Waals surface area contributed by atoms with E-state index in [1.807, 2.05) is 18.4 Å². The third-order valence-corrected chi connectivity index (χ3v) is 2.39. The summed E-state index contributed by atoms with van der Waals surface area (Å²) < 4.78 is 0. The molecule has 2 heteroatoms. The number of terminal acetylenes is 1. The van der Waals surface area contributed by atoms with Gasteiger partial charge in [-0.2, -0.15) is 0 Å². The van der Waals surface area contributed by atoms with Crippen molar-refractivity contribution in [3.05, 3.63) is 28.7 Å². The van der Waals surface area contributed by atoms with Crippen molar-refractivity contribution in [3.8, 4) is 12.3 Å². The van der Waals surface area contributed by atoms with Crippen molar-refractivity contribution in [1.82, 2.24) is 4.98 Å². The second-order valence-electron chi connectivity index (χ2n) is 2.54. The third kappa shape index (κ3) is 1.96. The largest absolute Gasteiger partial charge is 0.245 e. The van der Waals surface area contributed by atoms with Gasteiger partial charge in [0, 0.05) is 5.38 Å². The molecule has 0 saturated heterocycles. The summed E-state index contributed by atoms with van der Waals surface area (Å²) in [5.41, 5.74) is 1.000. The molecule has 0 aliphatic carbocycles. The zero-order valence-corrected chi connectivity index (χ0v) is 7.90. The number of aromatic nitrogens is 1. The molecule has 0 aromatic carbocycles. The van der Waals surface area contributed by atoms with Gasteiger partial charge in [0.2, 0.25) is 0 Å². The number of aryl methyl sites for hydroxylation is 1. The van der Waals surface area contributed by atoms with Gasteiger partial charge in [0.25, 0.3) is 0 Å². The van der Waals surface area contributed by atoms with Crippen molar-refractivity contribution in [2.45, 2.75) is 19.3 Å². The van der Waals surface area contributed by atoms with Crippen LogP contribution in [0.25, 0.3) is 0 Å². The van der Waals surface area contributed by atoms with Gasteiger partial charge in [-0.25, -0.2) is 4.98 Å². The summed E-state index contributed by atoms with van der Waals surface area (Å²) in [5, 5.41) is 3.08. The van der Waals surface area contributed by atoms with Gasteiger partial charge in [0.15, 0.2) is 0 Å². The molecule has 0 bridgehead atoms. The first kappa shape index (κ1) is 9.02. The Balaban J connectivity index is 2.81. The SMILES string of the molecule is C#CC(CC=C)c1csc(C)n1. The van der Waals surface area contributed by atoms with E-state index in [0.29, 0.717) is 0 Å². The zero-order valence-electron chi connectivity index (χ0n) is 7.08. The van der Waals surface area contributed by atoms with Crippen LogP contribution in [-0.4, -0.2) is 4.98 Å². The summed E-state index contributed by atoms with van der Waals surface area (Å²) in [5.74, 6) is 2.81. The van der Waals surface area contributed by atoms with E-state index in [4.69, 9.17) is 6.42 Å². The third-order valence-electron chi connectivity index (χ3n) is 1.60. The molecule has 0 amide bonds. The van der Waals surface area contributed by atoms with Gasteiger partial charge >= 0.3 is 0 Å². The standard InChI is InChI=1S/C10H11NS/c1-4-6-9(5-2)10-7-12-8(3)11-10/h2,4,7,9H,1,6H2,3H3. The Morgan fingerprint density at radius 3 is 3.08 bits per heavy atom. The summed E-state index contributed by atoms with van der Waals surface area (Å²) in [6.45, 7) is 5.64. The lowest BCUT2D eigenvalue weighted by molar-refractivity contribution is 0.857. The molecule has 0 N–H and O–H groups in total. The second-order valence-corrected chi connectivity index (χ2v) is 3.60. The molecule has 1 atom stereocenters. The van der Waals surface area contributed by atoms with Crippen LogP contribution >= 0.6 is 11.3 Å². The fourth-order valence-corrected chi connectivity index (χ4v) is 1.65. The number of allylic oxidation sites excluding steroid dienone is 1. The van der Waals surface area contributed by atoms with Crippen LogP contribution in [0.4, 0.5) is 0 Å². The first-order chi connectivity index (χ1) is 5.77. The number of hydrogen-bond donors (Lipinski definition) is 0. The predicted molar refractivity (Wildman–Crippen MR) is 53.2 cm³/mol. The maximum absolute atomic E-state index is 5.37. The van der Waals surface area contributed by atoms with Gasteiger partial charge in [0.05, 0.1) is 16.6 Å². The summed E-state index contributed by atoms with van der Waals surface area (Å²) in [6.07, 6.45) is 8.00. The first-order valence-corrected chi connectivity index (χ1v) is 4.65. The van der Waals surface area contributed by atoms with E-state index in [9.17, 15) is 0 Å². The molecular formula is C10H11NS. The van der Waals surface area contributed by atoms with Gasteiger partial charge in [-0.3, -0.25) is 0 Å². The lowest BCUT2D eigenvalue weighted by Crippen LogP contribution is -1.93. The van der Waals surface area contributed by atoms with Gasteiger partial charge in [0.1, 0.15) is 0 Å². The molecule has 1 unspecified atom stereocenters. The van der Waals surface area contributed by atoms with Crippen molar-refractivity contribution < 1.29 is 0 Å². The van der Waals surface area contributed by atoms with E-state index in [2.05, 4.69) is 17.5 Å². The van der Waals surface area contributed by atoms with Crippen LogP contribution in [0.5, 0.6) is 0 Å². The minimum absolute atomic E-state index is 0.104. The lowest BCUT2D eigenvalue weighted by Gasteiger charge is -2.02. The van der Waals surface area contributed by atoms with E-state index in [-0.39, 0.29) is 5.92 Å². The summed E-state index contributed by atoms with van der Waals surface area (Å²) >= 11 is 1.63. The number of thiazole rings is 1. The van der Waals surface area contributed by atoms with Crippen LogP contribution in [0.3, 0.4) is 0 Å². The minimum atomic E-state index is 0.104. The number of nitrogens with zero attached hydrogens (tertiary/aromatic N) is 1. The number of hydrogen-bond acceptors (Lipinski definition) is 2. The van der Waals surface area contributed by atoms with Crippen molar-refractivity contribution in [1.29, 1.82) is 0 Å². The highest BCUT2D eigenvalue weighted by atomic mass is 32.1. The molecule has 12 heavy (non-hydrogen) atoms. The molecule has 1 rings (SSSR count). The molecule has 0 aliphatic rings. The van der Waals surface area contributed by atoms with Gasteiger partial charge in [-0.1, -0.05) is 12.0 Å². The normalized spacial score (nSPS) is 12.0. The Morgan fingerprint density at radius 2 is 2.67 bits per heavy atom. The molecule has 0 radical (unpaired) electrons. The van der Waals surface area contributed by atoms with Crippen LogP contribution in [0, 0.1) is 19.3 Å². The molecule has 1 nitrogen and oxygen atoms in total. The predicted octanol–water partition coefficient (Wildman–Crippen LogP) is 2.74. The highest BCUT2D eigenvalue weighted by Crippen LogP contribution is 2.20. The van der Waals surface area contributed by atoms with Crippen molar-refractivity contribution in [2.24, 2.45) is 0 Å². The van der Waals surface area contributed by atoms with Crippen LogP contribution < -0.4 is 0 Å². The Hall–Kier alpha value is -1.07. The number of rotatable bonds is 3. The smallest absolute Gasteiger partial charge is 0.0897 e. The highest BCUT2D eigenvalue weighted by molar-refractivity contribution is 7.09. The molecule has 0 saturated carbocycles. The van der Waals surface area contributed by atoms with E-state index >= 15 is 0 Å². The van der Waals surface area contributed by atoms with Gasteiger partial charge < -0.3 is 0 Å². The monoisotopic (exact) mass is 177 g/mol. The molecule has 0 spiro atoms. The lowest BCUT2D eigenvalue weighted by atomic mass is 10.0. The highest BCUT2D eigenvalue weighted by Gasteiger charge is 2.08. The summed E-state index contributed by atoms with van der Waals surface area (Å²) in [6, 6.07) is 0. The van der Waals surface area contributed by atoms with Gasteiger partial charge in [-0.15, -0.1) is 24.3 Å². The summed E-state index contributed by atoms with van der Waals surface area (Å²) in [7, 11) is 0. The molecular weight excluding hydrogens is 166 g/mol.